The molecule has 1 heterocycles. The second-order valence-corrected chi connectivity index (χ2v) is 6.19. The van der Waals surface area contributed by atoms with Gasteiger partial charge in [0.25, 0.3) is 5.91 Å². The van der Waals surface area contributed by atoms with E-state index in [4.69, 9.17) is 4.42 Å². The van der Waals surface area contributed by atoms with Crippen molar-refractivity contribution in [3.8, 4) is 0 Å². The molecule has 4 rings (SSSR count). The number of hydrogen-bond acceptors (Lipinski definition) is 4. The molecule has 0 aliphatic carbocycles. The monoisotopic (exact) mass is 358 g/mol. The maximum atomic E-state index is 12.3. The topological polar surface area (TPSA) is 71.3 Å². The molecule has 1 aromatic heterocycles. The molecular weight excluding hydrogens is 340 g/mol. The van der Waals surface area contributed by atoms with Gasteiger partial charge in [-0.25, -0.2) is 4.79 Å². The van der Waals surface area contributed by atoms with Gasteiger partial charge < -0.3 is 15.1 Å². The second-order valence-electron chi connectivity index (χ2n) is 6.19. The highest BCUT2D eigenvalue weighted by Crippen LogP contribution is 2.22. The standard InChI is InChI=1S/C22H18N2O3/c25-21(18-14-16-7-2-4-11-20(16)27-22(18)26)24-13-12-23-19-10-5-8-15-6-1-3-9-17(15)19/h1-11,14,23H,12-13H2,(H,24,25). The van der Waals surface area contributed by atoms with Crippen LogP contribution in [0.3, 0.4) is 0 Å². The summed E-state index contributed by atoms with van der Waals surface area (Å²) in [5.74, 6) is -0.436. The van der Waals surface area contributed by atoms with Gasteiger partial charge in [0.15, 0.2) is 0 Å². The Morgan fingerprint density at radius 2 is 1.59 bits per heavy atom. The predicted molar refractivity (Wildman–Crippen MR) is 107 cm³/mol. The zero-order valence-electron chi connectivity index (χ0n) is 14.6. The highest BCUT2D eigenvalue weighted by Gasteiger charge is 2.13. The summed E-state index contributed by atoms with van der Waals surface area (Å²) in [6.07, 6.45) is 0. The zero-order valence-corrected chi connectivity index (χ0v) is 14.6. The fourth-order valence-electron chi connectivity index (χ4n) is 3.07. The number of rotatable bonds is 5. The minimum atomic E-state index is -0.631. The van der Waals surface area contributed by atoms with Gasteiger partial charge in [0.2, 0.25) is 0 Å². The summed E-state index contributed by atoms with van der Waals surface area (Å²) < 4.78 is 5.21. The summed E-state index contributed by atoms with van der Waals surface area (Å²) in [6, 6.07) is 22.8. The molecule has 5 nitrogen and oxygen atoms in total. The summed E-state index contributed by atoms with van der Waals surface area (Å²) in [5, 5.41) is 9.08. The number of nitrogens with one attached hydrogen (secondary N) is 2. The molecular formula is C22H18N2O3. The Kier molecular flexibility index (Phi) is 4.58. The van der Waals surface area contributed by atoms with Gasteiger partial charge in [0.05, 0.1) is 0 Å². The number of fused-ring (bicyclic) bond motifs is 2. The van der Waals surface area contributed by atoms with Crippen molar-refractivity contribution in [1.82, 2.24) is 5.32 Å². The number of benzene rings is 3. The lowest BCUT2D eigenvalue weighted by atomic mass is 10.1. The van der Waals surface area contributed by atoms with Crippen LogP contribution in [0, 0.1) is 0 Å². The van der Waals surface area contributed by atoms with E-state index in [0.717, 1.165) is 21.8 Å². The van der Waals surface area contributed by atoms with Crippen molar-refractivity contribution in [3.05, 3.63) is 88.8 Å². The summed E-state index contributed by atoms with van der Waals surface area (Å²) in [4.78, 5) is 24.4. The Bertz CT molecular complexity index is 1180. The molecule has 0 spiro atoms. The molecule has 5 heteroatoms. The van der Waals surface area contributed by atoms with Crippen molar-refractivity contribution in [2.45, 2.75) is 0 Å². The predicted octanol–water partition coefficient (Wildman–Crippen LogP) is 3.79. The van der Waals surface area contributed by atoms with Crippen LogP contribution in [0.2, 0.25) is 0 Å². The van der Waals surface area contributed by atoms with Crippen molar-refractivity contribution < 1.29 is 9.21 Å². The van der Waals surface area contributed by atoms with Gasteiger partial charge in [-0.1, -0.05) is 54.6 Å². The van der Waals surface area contributed by atoms with E-state index in [9.17, 15) is 9.59 Å². The van der Waals surface area contributed by atoms with E-state index in [1.165, 1.54) is 0 Å². The average molecular weight is 358 g/mol. The lowest BCUT2D eigenvalue weighted by Crippen LogP contribution is -2.32. The fourth-order valence-corrected chi connectivity index (χ4v) is 3.07. The Balaban J connectivity index is 1.41. The minimum absolute atomic E-state index is 0.0128. The molecule has 0 bridgehead atoms. The quantitative estimate of drug-likeness (QED) is 0.421. The zero-order chi connectivity index (χ0) is 18.6. The number of amides is 1. The Morgan fingerprint density at radius 1 is 0.852 bits per heavy atom. The number of para-hydroxylation sites is 1. The molecule has 134 valence electrons. The van der Waals surface area contributed by atoms with Crippen molar-refractivity contribution in [1.29, 1.82) is 0 Å². The third-order valence-electron chi connectivity index (χ3n) is 4.40. The van der Waals surface area contributed by atoms with Gasteiger partial charge >= 0.3 is 5.63 Å². The van der Waals surface area contributed by atoms with Gasteiger partial charge in [0.1, 0.15) is 11.1 Å². The van der Waals surface area contributed by atoms with Crippen LogP contribution < -0.4 is 16.3 Å². The van der Waals surface area contributed by atoms with E-state index < -0.39 is 11.5 Å². The number of hydrogen-bond donors (Lipinski definition) is 2. The summed E-state index contributed by atoms with van der Waals surface area (Å²) in [6.45, 7) is 0.924. The van der Waals surface area contributed by atoms with Crippen LogP contribution in [0.5, 0.6) is 0 Å². The summed E-state index contributed by atoms with van der Waals surface area (Å²) in [7, 11) is 0. The molecule has 0 unspecified atom stereocenters. The lowest BCUT2D eigenvalue weighted by Gasteiger charge is -2.10. The van der Waals surface area contributed by atoms with Gasteiger partial charge in [-0.05, 0) is 23.6 Å². The van der Waals surface area contributed by atoms with E-state index in [0.29, 0.717) is 18.7 Å². The number of carbonyl (C=O) groups is 1. The SMILES string of the molecule is O=C(NCCNc1cccc2ccccc12)c1cc2ccccc2oc1=O. The van der Waals surface area contributed by atoms with Crippen LogP contribution >= 0.6 is 0 Å². The maximum absolute atomic E-state index is 12.3. The Morgan fingerprint density at radius 3 is 2.48 bits per heavy atom. The van der Waals surface area contributed by atoms with Crippen LogP contribution in [0.1, 0.15) is 10.4 Å². The highest BCUT2D eigenvalue weighted by atomic mass is 16.4. The molecule has 27 heavy (non-hydrogen) atoms. The van der Waals surface area contributed by atoms with Crippen molar-refractivity contribution in [3.63, 3.8) is 0 Å². The highest BCUT2D eigenvalue weighted by molar-refractivity contribution is 5.96. The molecule has 0 aliphatic rings. The first kappa shape index (κ1) is 16.8. The first-order valence-electron chi connectivity index (χ1n) is 8.75. The van der Waals surface area contributed by atoms with Crippen LogP contribution in [0.25, 0.3) is 21.7 Å². The lowest BCUT2D eigenvalue weighted by molar-refractivity contribution is 0.0951. The number of carbonyl (C=O) groups excluding carboxylic acids is 1. The van der Waals surface area contributed by atoms with E-state index in [-0.39, 0.29) is 5.56 Å². The van der Waals surface area contributed by atoms with Gasteiger partial charge in [-0.2, -0.15) is 0 Å². The smallest absolute Gasteiger partial charge is 0.349 e. The molecule has 0 fully saturated rings. The minimum Gasteiger partial charge on any atom is -0.422 e. The average Bonchev–Trinajstić information content (AvgIpc) is 2.70. The fraction of sp³-hybridized carbons (Fsp3) is 0.0909. The third kappa shape index (κ3) is 3.53. The molecule has 3 aromatic carbocycles. The summed E-state index contributed by atoms with van der Waals surface area (Å²) in [5.41, 5.74) is 0.858. The van der Waals surface area contributed by atoms with Crippen molar-refractivity contribution >= 4 is 33.3 Å². The van der Waals surface area contributed by atoms with Crippen LogP contribution in [-0.2, 0) is 0 Å². The molecule has 4 aromatic rings. The first-order valence-corrected chi connectivity index (χ1v) is 8.75. The van der Waals surface area contributed by atoms with E-state index in [1.54, 1.807) is 24.3 Å². The van der Waals surface area contributed by atoms with Gasteiger partial charge in [0, 0.05) is 29.5 Å². The molecule has 0 saturated heterocycles. The molecule has 0 saturated carbocycles. The molecule has 2 N–H and O–H groups in total. The van der Waals surface area contributed by atoms with Crippen LogP contribution in [0.15, 0.2) is 82.0 Å². The van der Waals surface area contributed by atoms with Gasteiger partial charge in [-0.15, -0.1) is 0 Å². The maximum Gasteiger partial charge on any atom is 0.349 e. The normalized spacial score (nSPS) is 10.8. The molecule has 0 atom stereocenters. The Hall–Kier alpha value is -3.60. The van der Waals surface area contributed by atoms with Crippen LogP contribution in [-0.4, -0.2) is 19.0 Å². The Labute approximate surface area is 155 Å². The van der Waals surface area contributed by atoms with Crippen molar-refractivity contribution in [2.75, 3.05) is 18.4 Å². The summed E-state index contributed by atoms with van der Waals surface area (Å²) >= 11 is 0. The van der Waals surface area contributed by atoms with E-state index in [1.807, 2.05) is 30.3 Å². The first-order chi connectivity index (χ1) is 13.2. The van der Waals surface area contributed by atoms with Crippen molar-refractivity contribution in [2.24, 2.45) is 0 Å². The third-order valence-corrected chi connectivity index (χ3v) is 4.40. The van der Waals surface area contributed by atoms with Crippen LogP contribution in [0.4, 0.5) is 5.69 Å². The van der Waals surface area contributed by atoms with E-state index >= 15 is 0 Å². The largest absolute Gasteiger partial charge is 0.422 e. The molecule has 0 aliphatic heterocycles. The second kappa shape index (κ2) is 7.33. The van der Waals surface area contributed by atoms with Gasteiger partial charge in [-0.3, -0.25) is 4.79 Å². The number of anilines is 1. The molecule has 0 radical (unpaired) electrons. The molecule has 1 amide bonds. The van der Waals surface area contributed by atoms with E-state index in [2.05, 4.69) is 28.8 Å².